The van der Waals surface area contributed by atoms with Crippen LogP contribution in [0.3, 0.4) is 0 Å². The van der Waals surface area contributed by atoms with Crippen molar-refractivity contribution in [1.29, 1.82) is 0 Å². The number of esters is 1. The van der Waals surface area contributed by atoms with Gasteiger partial charge in [-0.1, -0.05) is 25.1 Å². The zero-order valence-electron chi connectivity index (χ0n) is 16.1. The number of sulfone groups is 1. The minimum absolute atomic E-state index is 0.0512. The molecule has 7 nitrogen and oxygen atoms in total. The van der Waals surface area contributed by atoms with Gasteiger partial charge in [0, 0.05) is 12.3 Å². The van der Waals surface area contributed by atoms with Crippen LogP contribution in [0.1, 0.15) is 40.9 Å². The molecule has 2 aromatic rings. The van der Waals surface area contributed by atoms with Gasteiger partial charge in [0.1, 0.15) is 0 Å². The van der Waals surface area contributed by atoms with Crippen LogP contribution in [0.2, 0.25) is 0 Å². The number of hydrogen-bond acceptors (Lipinski definition) is 6. The van der Waals surface area contributed by atoms with E-state index in [9.17, 15) is 21.6 Å². The predicted octanol–water partition coefficient (Wildman–Crippen LogP) is 2.61. The van der Waals surface area contributed by atoms with Crippen molar-refractivity contribution in [2.45, 2.75) is 36.1 Å². The van der Waals surface area contributed by atoms with Crippen LogP contribution in [0, 0.1) is 6.92 Å². The van der Waals surface area contributed by atoms with E-state index >= 15 is 0 Å². The van der Waals surface area contributed by atoms with Crippen molar-refractivity contribution in [3.8, 4) is 0 Å². The Kier molecular flexibility index (Phi) is 6.63. The molecule has 0 saturated carbocycles. The number of carbonyl (C=O) groups is 1. The van der Waals surface area contributed by atoms with Crippen LogP contribution in [-0.2, 0) is 24.6 Å². The molecule has 1 N–H and O–H groups in total. The van der Waals surface area contributed by atoms with Crippen LogP contribution in [0.15, 0.2) is 52.3 Å². The van der Waals surface area contributed by atoms with Crippen LogP contribution in [0.5, 0.6) is 0 Å². The Hall–Kier alpha value is -2.23. The van der Waals surface area contributed by atoms with Crippen LogP contribution in [0.4, 0.5) is 0 Å². The molecule has 0 aliphatic carbocycles. The number of aryl methyl sites for hydroxylation is 1. The number of ether oxygens (including phenoxy) is 1. The molecule has 0 aromatic heterocycles. The Bertz CT molecular complexity index is 1070. The second kappa shape index (κ2) is 8.42. The molecule has 9 heteroatoms. The van der Waals surface area contributed by atoms with E-state index in [1.165, 1.54) is 31.4 Å². The van der Waals surface area contributed by atoms with Crippen molar-refractivity contribution in [1.82, 2.24) is 4.72 Å². The average molecular weight is 426 g/mol. The molecular formula is C19H23NO6S2. The number of carbonyl (C=O) groups excluding carboxylic acids is 1. The van der Waals surface area contributed by atoms with E-state index in [1.807, 2.05) is 6.92 Å². The average Bonchev–Trinajstić information content (AvgIpc) is 2.65. The van der Waals surface area contributed by atoms with Crippen molar-refractivity contribution >= 4 is 25.8 Å². The van der Waals surface area contributed by atoms with Gasteiger partial charge in [-0.3, -0.25) is 0 Å². The fraction of sp³-hybridized carbons (Fsp3) is 0.316. The molecule has 0 spiro atoms. The molecule has 0 heterocycles. The summed E-state index contributed by atoms with van der Waals surface area (Å²) < 4.78 is 56.1. The molecule has 0 saturated heterocycles. The van der Waals surface area contributed by atoms with Gasteiger partial charge < -0.3 is 4.74 Å². The Morgan fingerprint density at radius 2 is 1.61 bits per heavy atom. The monoisotopic (exact) mass is 425 g/mol. The number of sulfonamides is 1. The SMILES string of the molecule is CC[C@H](NS(=O)(=O)c1ccc(C)c(C(=O)OC)c1)c1ccc(S(C)(=O)=O)cc1. The molecule has 0 unspecified atom stereocenters. The van der Waals surface area contributed by atoms with Crippen molar-refractivity contribution in [2.24, 2.45) is 0 Å². The van der Waals surface area contributed by atoms with Gasteiger partial charge >= 0.3 is 5.97 Å². The van der Waals surface area contributed by atoms with Crippen molar-refractivity contribution < 1.29 is 26.4 Å². The van der Waals surface area contributed by atoms with Gasteiger partial charge in [-0.05, 0) is 48.7 Å². The Balaban J connectivity index is 2.35. The fourth-order valence-corrected chi connectivity index (χ4v) is 4.65. The number of rotatable bonds is 7. The van der Waals surface area contributed by atoms with Crippen molar-refractivity contribution in [3.63, 3.8) is 0 Å². The summed E-state index contributed by atoms with van der Waals surface area (Å²) in [4.78, 5) is 12.0. The first kappa shape index (κ1) is 22.1. The molecule has 0 aliphatic heterocycles. The maximum Gasteiger partial charge on any atom is 0.338 e. The largest absolute Gasteiger partial charge is 0.465 e. The number of benzene rings is 2. The number of nitrogens with one attached hydrogen (secondary N) is 1. The maximum atomic E-state index is 12.8. The smallest absolute Gasteiger partial charge is 0.338 e. The minimum Gasteiger partial charge on any atom is -0.465 e. The van der Waals surface area contributed by atoms with Crippen LogP contribution in [-0.4, -0.2) is 36.2 Å². The third-order valence-corrected chi connectivity index (χ3v) is 6.94. The zero-order valence-corrected chi connectivity index (χ0v) is 17.7. The summed E-state index contributed by atoms with van der Waals surface area (Å²) in [6.07, 6.45) is 1.56. The number of hydrogen-bond donors (Lipinski definition) is 1. The first-order valence-corrected chi connectivity index (χ1v) is 11.9. The van der Waals surface area contributed by atoms with E-state index in [0.29, 0.717) is 17.5 Å². The van der Waals surface area contributed by atoms with Crippen LogP contribution in [0.25, 0.3) is 0 Å². The highest BCUT2D eigenvalue weighted by Gasteiger charge is 2.23. The lowest BCUT2D eigenvalue weighted by Crippen LogP contribution is -2.28. The number of methoxy groups -OCH3 is 1. The molecular weight excluding hydrogens is 402 g/mol. The highest BCUT2D eigenvalue weighted by atomic mass is 32.2. The molecule has 152 valence electrons. The summed E-state index contributed by atoms with van der Waals surface area (Å²) in [6, 6.07) is 9.76. The van der Waals surface area contributed by atoms with E-state index in [4.69, 9.17) is 4.74 Å². The molecule has 0 bridgehead atoms. The van der Waals surface area contributed by atoms with Crippen LogP contribution >= 0.6 is 0 Å². The molecule has 0 fully saturated rings. The molecule has 0 radical (unpaired) electrons. The summed E-state index contributed by atoms with van der Waals surface area (Å²) in [7, 11) is -6.02. The quantitative estimate of drug-likeness (QED) is 0.684. The van der Waals surface area contributed by atoms with Gasteiger partial charge in [0.05, 0.1) is 22.5 Å². The lowest BCUT2D eigenvalue weighted by Gasteiger charge is -2.18. The predicted molar refractivity (Wildman–Crippen MR) is 105 cm³/mol. The Morgan fingerprint density at radius 3 is 2.11 bits per heavy atom. The van der Waals surface area contributed by atoms with E-state index < -0.39 is 31.9 Å². The van der Waals surface area contributed by atoms with E-state index in [-0.39, 0.29) is 15.4 Å². The lowest BCUT2D eigenvalue weighted by atomic mass is 10.1. The van der Waals surface area contributed by atoms with E-state index in [2.05, 4.69) is 4.72 Å². The van der Waals surface area contributed by atoms with Crippen molar-refractivity contribution in [2.75, 3.05) is 13.4 Å². The van der Waals surface area contributed by atoms with Gasteiger partial charge in [-0.15, -0.1) is 0 Å². The fourth-order valence-electron chi connectivity index (χ4n) is 2.69. The molecule has 0 aliphatic rings. The first-order valence-electron chi connectivity index (χ1n) is 8.51. The highest BCUT2D eigenvalue weighted by molar-refractivity contribution is 7.90. The molecule has 2 aromatic carbocycles. The Morgan fingerprint density at radius 1 is 1.04 bits per heavy atom. The summed E-state index contributed by atoms with van der Waals surface area (Å²) in [5.74, 6) is -0.613. The summed E-state index contributed by atoms with van der Waals surface area (Å²) in [5, 5.41) is 0. The van der Waals surface area contributed by atoms with E-state index in [0.717, 1.165) is 6.26 Å². The standard InChI is InChI=1S/C19H23NO6S2/c1-5-18(14-7-10-15(11-8-14)27(4,22)23)20-28(24,25)16-9-6-13(2)17(12-16)19(21)26-3/h6-12,18,20H,5H2,1-4H3/t18-/m0/s1. The molecule has 1 atom stereocenters. The van der Waals surface area contributed by atoms with Gasteiger partial charge in [0.25, 0.3) is 0 Å². The minimum atomic E-state index is -3.92. The molecule has 0 amide bonds. The second-order valence-electron chi connectivity index (χ2n) is 6.39. The third kappa shape index (κ3) is 4.98. The van der Waals surface area contributed by atoms with Gasteiger partial charge in [0.15, 0.2) is 9.84 Å². The third-order valence-electron chi connectivity index (χ3n) is 4.34. The topological polar surface area (TPSA) is 107 Å². The molecule has 2 rings (SSSR count). The van der Waals surface area contributed by atoms with Gasteiger partial charge in [-0.25, -0.2) is 26.4 Å². The van der Waals surface area contributed by atoms with Gasteiger partial charge in [-0.2, -0.15) is 0 Å². The highest BCUT2D eigenvalue weighted by Crippen LogP contribution is 2.23. The molecule has 28 heavy (non-hydrogen) atoms. The summed E-state index contributed by atoms with van der Waals surface area (Å²) in [6.45, 7) is 3.50. The second-order valence-corrected chi connectivity index (χ2v) is 10.1. The Labute approximate surface area is 165 Å². The maximum absolute atomic E-state index is 12.8. The van der Waals surface area contributed by atoms with Crippen molar-refractivity contribution in [3.05, 3.63) is 59.2 Å². The van der Waals surface area contributed by atoms with Crippen LogP contribution < -0.4 is 4.72 Å². The van der Waals surface area contributed by atoms with E-state index in [1.54, 1.807) is 25.1 Å². The lowest BCUT2D eigenvalue weighted by molar-refractivity contribution is 0.0599. The summed E-state index contributed by atoms with van der Waals surface area (Å²) in [5.41, 5.74) is 1.42. The van der Waals surface area contributed by atoms with Gasteiger partial charge in [0.2, 0.25) is 10.0 Å². The zero-order chi connectivity index (χ0) is 21.1. The first-order chi connectivity index (χ1) is 13.0. The normalized spacial score (nSPS) is 13.1. The summed E-state index contributed by atoms with van der Waals surface area (Å²) >= 11 is 0.